The quantitative estimate of drug-likeness (QED) is 0.264. The average Bonchev–Trinajstić information content (AvgIpc) is 2.88. The van der Waals surface area contributed by atoms with E-state index < -0.39 is 6.10 Å². The van der Waals surface area contributed by atoms with Crippen molar-refractivity contribution in [2.24, 2.45) is 0 Å². The molecule has 0 heterocycles. The van der Waals surface area contributed by atoms with Crippen molar-refractivity contribution in [1.82, 2.24) is 10.6 Å². The number of benzene rings is 3. The van der Waals surface area contributed by atoms with Gasteiger partial charge in [0.25, 0.3) is 5.91 Å². The second-order valence-electron chi connectivity index (χ2n) is 9.88. The van der Waals surface area contributed by atoms with Gasteiger partial charge in [0.15, 0.2) is 0 Å². The SMILES string of the molecule is CCc1ccc(CCNC(=O)c2cccc(CC(C)(C)NC[C@@H](O)c3ccc(O)c(CO)c3)c2)cc1. The third kappa shape index (κ3) is 7.92. The zero-order valence-electron chi connectivity index (χ0n) is 21.4. The van der Waals surface area contributed by atoms with E-state index in [4.69, 9.17) is 0 Å². The van der Waals surface area contributed by atoms with E-state index in [9.17, 15) is 20.1 Å². The summed E-state index contributed by atoms with van der Waals surface area (Å²) in [5.74, 6) is -0.0773. The molecule has 0 saturated heterocycles. The van der Waals surface area contributed by atoms with Gasteiger partial charge in [-0.1, -0.05) is 49.4 Å². The van der Waals surface area contributed by atoms with Crippen LogP contribution in [-0.4, -0.2) is 39.9 Å². The molecule has 3 aromatic rings. The number of phenols is 1. The van der Waals surface area contributed by atoms with Crippen molar-refractivity contribution in [3.05, 3.63) is 100 Å². The number of amides is 1. The third-order valence-electron chi connectivity index (χ3n) is 6.40. The second-order valence-corrected chi connectivity index (χ2v) is 9.88. The van der Waals surface area contributed by atoms with Crippen LogP contribution >= 0.6 is 0 Å². The molecule has 1 amide bonds. The third-order valence-corrected chi connectivity index (χ3v) is 6.40. The normalized spacial score (nSPS) is 12.4. The van der Waals surface area contributed by atoms with Gasteiger partial charge in [-0.3, -0.25) is 4.79 Å². The Balaban J connectivity index is 1.52. The first-order chi connectivity index (χ1) is 17.2. The van der Waals surface area contributed by atoms with Crippen LogP contribution in [0.4, 0.5) is 0 Å². The van der Waals surface area contributed by atoms with E-state index in [1.54, 1.807) is 12.1 Å². The van der Waals surface area contributed by atoms with Crippen molar-refractivity contribution in [2.45, 2.75) is 58.3 Å². The molecule has 192 valence electrons. The highest BCUT2D eigenvalue weighted by Gasteiger charge is 2.21. The molecule has 0 spiro atoms. The fourth-order valence-electron chi connectivity index (χ4n) is 4.19. The van der Waals surface area contributed by atoms with Crippen molar-refractivity contribution in [2.75, 3.05) is 13.1 Å². The van der Waals surface area contributed by atoms with Crippen LogP contribution in [0, 0.1) is 0 Å². The second kappa shape index (κ2) is 12.7. The number of rotatable bonds is 12. The Morgan fingerprint density at radius 1 is 0.972 bits per heavy atom. The number of hydrogen-bond donors (Lipinski definition) is 5. The Hall–Kier alpha value is -3.19. The van der Waals surface area contributed by atoms with Gasteiger partial charge >= 0.3 is 0 Å². The summed E-state index contributed by atoms with van der Waals surface area (Å²) < 4.78 is 0. The molecule has 0 unspecified atom stereocenters. The smallest absolute Gasteiger partial charge is 0.251 e. The fraction of sp³-hybridized carbons (Fsp3) is 0.367. The zero-order valence-corrected chi connectivity index (χ0v) is 21.4. The molecule has 0 aliphatic carbocycles. The average molecular weight is 491 g/mol. The minimum atomic E-state index is -0.787. The summed E-state index contributed by atoms with van der Waals surface area (Å²) in [5, 5.41) is 36.1. The first kappa shape index (κ1) is 27.4. The van der Waals surface area contributed by atoms with Crippen molar-refractivity contribution in [1.29, 1.82) is 0 Å². The zero-order chi connectivity index (χ0) is 26.1. The molecule has 0 aromatic heterocycles. The highest BCUT2D eigenvalue weighted by molar-refractivity contribution is 5.94. The van der Waals surface area contributed by atoms with Gasteiger partial charge in [-0.25, -0.2) is 0 Å². The number of carbonyl (C=O) groups excluding carboxylic acids is 1. The lowest BCUT2D eigenvalue weighted by Crippen LogP contribution is -2.43. The lowest BCUT2D eigenvalue weighted by atomic mass is 9.93. The Morgan fingerprint density at radius 3 is 2.39 bits per heavy atom. The van der Waals surface area contributed by atoms with Crippen LogP contribution in [0.5, 0.6) is 5.75 Å². The van der Waals surface area contributed by atoms with Crippen molar-refractivity contribution in [3.8, 4) is 5.75 Å². The number of β-amino-alcohol motifs (C(OH)–C–C–N with tert-alkyl or cyclic N) is 1. The molecule has 0 bridgehead atoms. The minimum Gasteiger partial charge on any atom is -0.508 e. The molecule has 0 saturated carbocycles. The maximum atomic E-state index is 12.7. The number of nitrogens with one attached hydrogen (secondary N) is 2. The predicted molar refractivity (Wildman–Crippen MR) is 143 cm³/mol. The summed E-state index contributed by atoms with van der Waals surface area (Å²) in [4.78, 5) is 12.7. The van der Waals surface area contributed by atoms with Gasteiger partial charge in [-0.15, -0.1) is 0 Å². The largest absolute Gasteiger partial charge is 0.508 e. The molecule has 0 aliphatic heterocycles. The molecule has 1 atom stereocenters. The van der Waals surface area contributed by atoms with Gasteiger partial charge in [-0.2, -0.15) is 0 Å². The van der Waals surface area contributed by atoms with Gasteiger partial charge in [0, 0.05) is 29.8 Å². The van der Waals surface area contributed by atoms with E-state index >= 15 is 0 Å². The molecular weight excluding hydrogens is 452 g/mol. The summed E-state index contributed by atoms with van der Waals surface area (Å²) in [6.45, 7) is 6.83. The lowest BCUT2D eigenvalue weighted by molar-refractivity contribution is 0.0954. The summed E-state index contributed by atoms with van der Waals surface area (Å²) in [5.41, 5.74) is 4.84. The van der Waals surface area contributed by atoms with Crippen LogP contribution in [0.25, 0.3) is 0 Å². The predicted octanol–water partition coefficient (Wildman–Crippen LogP) is 4.06. The molecule has 3 aromatic carbocycles. The minimum absolute atomic E-state index is 0.0105. The number of aromatic hydroxyl groups is 1. The Bertz CT molecular complexity index is 1140. The van der Waals surface area contributed by atoms with Gasteiger partial charge < -0.3 is 26.0 Å². The number of carbonyl (C=O) groups is 1. The molecule has 6 nitrogen and oxygen atoms in total. The summed E-state index contributed by atoms with van der Waals surface area (Å²) in [6, 6.07) is 20.9. The van der Waals surface area contributed by atoms with Crippen LogP contribution < -0.4 is 10.6 Å². The number of aliphatic hydroxyl groups excluding tert-OH is 2. The van der Waals surface area contributed by atoms with E-state index in [0.717, 1.165) is 18.4 Å². The van der Waals surface area contributed by atoms with Crippen molar-refractivity contribution >= 4 is 5.91 Å². The molecule has 5 N–H and O–H groups in total. The summed E-state index contributed by atoms with van der Waals surface area (Å²) >= 11 is 0. The molecule has 6 heteroatoms. The molecule has 3 rings (SSSR count). The summed E-state index contributed by atoms with van der Waals surface area (Å²) in [7, 11) is 0. The molecule has 0 fully saturated rings. The Kier molecular flexibility index (Phi) is 9.65. The van der Waals surface area contributed by atoms with Crippen LogP contribution in [0.1, 0.15) is 65.1 Å². The topological polar surface area (TPSA) is 102 Å². The first-order valence-electron chi connectivity index (χ1n) is 12.5. The van der Waals surface area contributed by atoms with Crippen LogP contribution in [0.3, 0.4) is 0 Å². The number of hydrogen-bond acceptors (Lipinski definition) is 5. The van der Waals surface area contributed by atoms with E-state index in [-0.39, 0.29) is 23.8 Å². The standard InChI is InChI=1S/C30H38N2O4/c1-4-21-8-10-22(11-9-21)14-15-31-29(36)25-7-5-6-23(16-25)18-30(2,3)32-19-28(35)24-12-13-27(34)26(17-24)20-33/h5-13,16-17,28,32-35H,4,14-15,18-20H2,1-3H3,(H,31,36)/t28-/m1/s1. The monoisotopic (exact) mass is 490 g/mol. The van der Waals surface area contributed by atoms with E-state index in [2.05, 4.69) is 41.8 Å². The number of aliphatic hydroxyl groups is 2. The molecule has 36 heavy (non-hydrogen) atoms. The van der Waals surface area contributed by atoms with Crippen molar-refractivity contribution in [3.63, 3.8) is 0 Å². The lowest BCUT2D eigenvalue weighted by Gasteiger charge is -2.28. The highest BCUT2D eigenvalue weighted by atomic mass is 16.3. The molecule has 0 aliphatic rings. The fourth-order valence-corrected chi connectivity index (χ4v) is 4.19. The molecule has 0 radical (unpaired) electrons. The van der Waals surface area contributed by atoms with E-state index in [1.807, 2.05) is 38.1 Å². The molecular formula is C30H38N2O4. The number of aryl methyl sites for hydroxylation is 1. The highest BCUT2D eigenvalue weighted by Crippen LogP contribution is 2.23. The van der Waals surface area contributed by atoms with Gasteiger partial charge in [0.1, 0.15) is 5.75 Å². The maximum absolute atomic E-state index is 12.7. The van der Waals surface area contributed by atoms with Gasteiger partial charge in [0.2, 0.25) is 0 Å². The van der Waals surface area contributed by atoms with Crippen LogP contribution in [0.15, 0.2) is 66.7 Å². The first-order valence-corrected chi connectivity index (χ1v) is 12.5. The van der Waals surface area contributed by atoms with E-state index in [0.29, 0.717) is 36.2 Å². The van der Waals surface area contributed by atoms with Gasteiger partial charge in [0.05, 0.1) is 12.7 Å². The van der Waals surface area contributed by atoms with Crippen molar-refractivity contribution < 1.29 is 20.1 Å². The van der Waals surface area contributed by atoms with Gasteiger partial charge in [-0.05, 0) is 79.6 Å². The van der Waals surface area contributed by atoms with Crippen LogP contribution in [0.2, 0.25) is 0 Å². The summed E-state index contributed by atoms with van der Waals surface area (Å²) in [6.07, 6.45) is 1.69. The maximum Gasteiger partial charge on any atom is 0.251 e. The Labute approximate surface area is 214 Å². The van der Waals surface area contributed by atoms with Crippen LogP contribution in [-0.2, 0) is 25.9 Å². The Morgan fingerprint density at radius 2 is 1.69 bits per heavy atom. The van der Waals surface area contributed by atoms with E-state index in [1.165, 1.54) is 17.2 Å².